The number of halogens is 2. The van der Waals surface area contributed by atoms with Crippen LogP contribution in [0.25, 0.3) is 0 Å². The van der Waals surface area contributed by atoms with E-state index in [1.54, 1.807) is 6.07 Å². The van der Waals surface area contributed by atoms with Crippen LogP contribution in [0.1, 0.15) is 22.0 Å². The summed E-state index contributed by atoms with van der Waals surface area (Å²) in [6.45, 7) is 1.31. The van der Waals surface area contributed by atoms with E-state index in [-0.39, 0.29) is 18.1 Å². The first kappa shape index (κ1) is 23.4. The predicted molar refractivity (Wildman–Crippen MR) is 125 cm³/mol. The van der Waals surface area contributed by atoms with Gasteiger partial charge in [0.2, 0.25) is 11.8 Å². The lowest BCUT2D eigenvalue weighted by Crippen LogP contribution is -2.53. The van der Waals surface area contributed by atoms with Gasteiger partial charge in [0.1, 0.15) is 17.8 Å². The van der Waals surface area contributed by atoms with Gasteiger partial charge in [0.25, 0.3) is 0 Å². The van der Waals surface area contributed by atoms with E-state index in [2.05, 4.69) is 10.6 Å². The van der Waals surface area contributed by atoms with Crippen LogP contribution in [0.4, 0.5) is 0 Å². The minimum absolute atomic E-state index is 0.0752. The zero-order chi connectivity index (χ0) is 21.6. The van der Waals surface area contributed by atoms with Gasteiger partial charge in [-0.1, -0.05) is 59.0 Å². The molecule has 0 heterocycles. The molecule has 2 amide bonds. The third-order valence-electron chi connectivity index (χ3n) is 4.11. The van der Waals surface area contributed by atoms with Crippen molar-refractivity contribution in [2.45, 2.75) is 29.4 Å². The third kappa shape index (κ3) is 6.84. The lowest BCUT2D eigenvalue weighted by molar-refractivity contribution is -0.142. The van der Waals surface area contributed by atoms with Gasteiger partial charge in [-0.15, -0.1) is 0 Å². The average molecular weight is 622 g/mol. The number of phenols is 1. The summed E-state index contributed by atoms with van der Waals surface area (Å²) in [5, 5.41) is 24.4. The van der Waals surface area contributed by atoms with Crippen molar-refractivity contribution in [3.63, 3.8) is 0 Å². The number of carbonyl (C=O) groups excluding carboxylic acids is 2. The Morgan fingerprint density at radius 2 is 1.72 bits per heavy atom. The normalized spacial score (nSPS) is 13.8. The smallest absolute Gasteiger partial charge is 0.327 e. The van der Waals surface area contributed by atoms with Crippen molar-refractivity contribution >= 4 is 63.0 Å². The van der Waals surface area contributed by atoms with Gasteiger partial charge in [0, 0.05) is 16.9 Å². The molecule has 0 radical (unpaired) electrons. The van der Waals surface area contributed by atoms with E-state index in [9.17, 15) is 24.6 Å². The molecule has 0 saturated heterocycles. The minimum Gasteiger partial charge on any atom is -0.508 e. The molecule has 0 aliphatic carbocycles. The van der Waals surface area contributed by atoms with Crippen LogP contribution in [0.15, 0.2) is 48.5 Å². The van der Waals surface area contributed by atoms with Crippen molar-refractivity contribution in [2.75, 3.05) is 0 Å². The van der Waals surface area contributed by atoms with Crippen LogP contribution < -0.4 is 10.6 Å². The first-order valence-electron chi connectivity index (χ1n) is 8.65. The number of aromatic hydroxyl groups is 1. The lowest BCUT2D eigenvalue weighted by atomic mass is 10.0. The number of rotatable bonds is 8. The summed E-state index contributed by atoms with van der Waals surface area (Å²) >= 11 is 3.97. The van der Waals surface area contributed by atoms with Gasteiger partial charge in [-0.05, 0) is 45.9 Å². The molecule has 9 heteroatoms. The number of hydrogen-bond acceptors (Lipinski definition) is 4. The Morgan fingerprint density at radius 3 is 2.28 bits per heavy atom. The molecule has 0 spiro atoms. The highest BCUT2D eigenvalue weighted by atomic mass is 127. The number of carboxylic acid groups (broad SMARTS) is 1. The monoisotopic (exact) mass is 622 g/mol. The zero-order valence-electron chi connectivity index (χ0n) is 15.4. The zero-order valence-corrected chi connectivity index (χ0v) is 19.7. The number of benzene rings is 2. The number of phenolic OH excluding ortho intramolecular Hbond substituents is 1. The Kier molecular flexibility index (Phi) is 8.68. The molecule has 29 heavy (non-hydrogen) atoms. The van der Waals surface area contributed by atoms with E-state index in [0.717, 1.165) is 5.56 Å². The molecule has 2 aromatic carbocycles. The maximum atomic E-state index is 12.8. The van der Waals surface area contributed by atoms with Crippen LogP contribution in [0.5, 0.6) is 5.75 Å². The number of carboxylic acids is 1. The van der Waals surface area contributed by atoms with Crippen LogP contribution in [-0.2, 0) is 20.8 Å². The Morgan fingerprint density at radius 1 is 1.07 bits per heavy atom. The molecule has 0 saturated carbocycles. The Bertz CT molecular complexity index is 892. The average Bonchev–Trinajstić information content (AvgIpc) is 2.65. The summed E-state index contributed by atoms with van der Waals surface area (Å²) in [6, 6.07) is 11.7. The quantitative estimate of drug-likeness (QED) is 0.267. The second kappa shape index (κ2) is 10.8. The van der Waals surface area contributed by atoms with Gasteiger partial charge in [-0.25, -0.2) is 4.79 Å². The fourth-order valence-corrected chi connectivity index (χ4v) is 5.20. The van der Waals surface area contributed by atoms with Crippen molar-refractivity contribution < 1.29 is 24.6 Å². The number of nitrogens with one attached hydrogen (secondary N) is 2. The lowest BCUT2D eigenvalue weighted by Gasteiger charge is -2.25. The maximum absolute atomic E-state index is 12.8. The van der Waals surface area contributed by atoms with E-state index in [4.69, 9.17) is 0 Å². The first-order valence-corrected chi connectivity index (χ1v) is 11.0. The predicted octanol–water partition coefficient (Wildman–Crippen LogP) is 2.79. The molecule has 154 valence electrons. The van der Waals surface area contributed by atoms with Crippen LogP contribution in [-0.4, -0.2) is 40.1 Å². The number of hydrogen-bond donors (Lipinski definition) is 4. The van der Waals surface area contributed by atoms with Gasteiger partial charge in [0.15, 0.2) is 0 Å². The van der Waals surface area contributed by atoms with E-state index >= 15 is 0 Å². The highest BCUT2D eigenvalue weighted by molar-refractivity contribution is 14.1. The Labute approximate surface area is 195 Å². The second-order valence-corrected chi connectivity index (χ2v) is 8.88. The summed E-state index contributed by atoms with van der Waals surface area (Å²) in [5.41, 5.74) is 1.52. The molecular weight excluding hydrogens is 602 g/mol. The van der Waals surface area contributed by atoms with Gasteiger partial charge >= 0.3 is 5.97 Å². The van der Waals surface area contributed by atoms with E-state index in [1.807, 2.05) is 75.5 Å². The van der Waals surface area contributed by atoms with Crippen molar-refractivity contribution in [1.29, 1.82) is 0 Å². The standard InChI is InChI=1S/C20H20I2N2O5/c1-11(25)23-16(9-12-5-3-2-4-6-12)19(27)24-18(20(28)29)17(22)14-8-7-13(26)10-15(14)21/h2-8,10,16-18,26H,9H2,1H3,(H,23,25)(H,24,27)(H,28,29)/t16?,17?,18-/m0/s1. The molecule has 7 nitrogen and oxygen atoms in total. The highest BCUT2D eigenvalue weighted by Gasteiger charge is 2.32. The van der Waals surface area contributed by atoms with Crippen LogP contribution >= 0.6 is 45.2 Å². The number of alkyl halides is 1. The number of aliphatic carboxylic acids is 1. The summed E-state index contributed by atoms with van der Waals surface area (Å²) in [4.78, 5) is 36.3. The molecule has 3 atom stereocenters. The molecule has 0 aromatic heterocycles. The van der Waals surface area contributed by atoms with Gasteiger partial charge in [-0.3, -0.25) is 9.59 Å². The van der Waals surface area contributed by atoms with Crippen molar-refractivity contribution in [2.24, 2.45) is 0 Å². The molecule has 0 fully saturated rings. The molecule has 0 bridgehead atoms. The van der Waals surface area contributed by atoms with E-state index in [0.29, 0.717) is 9.13 Å². The van der Waals surface area contributed by atoms with Crippen molar-refractivity contribution in [3.8, 4) is 5.75 Å². The SMILES string of the molecule is CC(=O)NC(Cc1ccccc1)C(=O)N[C@H](C(=O)O)C(I)c1ccc(O)cc1I. The Hall–Kier alpha value is -1.89. The minimum atomic E-state index is -1.21. The summed E-state index contributed by atoms with van der Waals surface area (Å²) in [5.74, 6) is -2.08. The van der Waals surface area contributed by atoms with Crippen LogP contribution in [0.3, 0.4) is 0 Å². The third-order valence-corrected chi connectivity index (χ3v) is 6.44. The number of amides is 2. The van der Waals surface area contributed by atoms with Crippen molar-refractivity contribution in [3.05, 3.63) is 63.2 Å². The van der Waals surface area contributed by atoms with E-state index in [1.165, 1.54) is 19.1 Å². The number of carbonyl (C=O) groups is 3. The molecule has 0 aliphatic heterocycles. The molecule has 2 unspecified atom stereocenters. The molecule has 2 aromatic rings. The summed E-state index contributed by atoms with van der Waals surface area (Å²) in [6.07, 6.45) is 0.237. The molecular formula is C20H20I2N2O5. The molecule has 0 aliphatic rings. The largest absolute Gasteiger partial charge is 0.508 e. The van der Waals surface area contributed by atoms with Gasteiger partial charge < -0.3 is 20.8 Å². The Balaban J connectivity index is 2.22. The molecule has 4 N–H and O–H groups in total. The van der Waals surface area contributed by atoms with Crippen molar-refractivity contribution in [1.82, 2.24) is 10.6 Å². The molecule has 2 rings (SSSR count). The van der Waals surface area contributed by atoms with Crippen LogP contribution in [0.2, 0.25) is 0 Å². The van der Waals surface area contributed by atoms with E-state index < -0.39 is 27.9 Å². The summed E-state index contributed by atoms with van der Waals surface area (Å²) in [7, 11) is 0. The topological polar surface area (TPSA) is 116 Å². The van der Waals surface area contributed by atoms with Gasteiger partial charge in [0.05, 0.1) is 3.92 Å². The summed E-state index contributed by atoms with van der Waals surface area (Å²) < 4.78 is 0.0986. The fourth-order valence-electron chi connectivity index (χ4n) is 2.74. The first-order chi connectivity index (χ1) is 13.7. The fraction of sp³-hybridized carbons (Fsp3) is 0.250. The highest BCUT2D eigenvalue weighted by Crippen LogP contribution is 2.33. The maximum Gasteiger partial charge on any atom is 0.327 e. The van der Waals surface area contributed by atoms with Gasteiger partial charge in [-0.2, -0.15) is 0 Å². The van der Waals surface area contributed by atoms with Crippen LogP contribution in [0, 0.1) is 3.57 Å². The second-order valence-electron chi connectivity index (χ2n) is 6.37.